The van der Waals surface area contributed by atoms with E-state index in [0.717, 1.165) is 31.2 Å². The standard InChI is InChI=1S/C16H24N2O4S/c1-13-6-8-15(9-7-13)22-12-16(19)17-10-11-23(20,21)18-14-4-2-3-5-14/h6-9,14,18H,2-5,10-12H2,1H3,(H,17,19). The van der Waals surface area contributed by atoms with Gasteiger partial charge >= 0.3 is 0 Å². The number of rotatable bonds is 8. The first-order valence-corrected chi connectivity index (χ1v) is 9.56. The molecule has 1 aromatic rings. The number of ether oxygens (including phenoxy) is 1. The van der Waals surface area contributed by atoms with E-state index in [2.05, 4.69) is 10.0 Å². The highest BCUT2D eigenvalue weighted by Crippen LogP contribution is 2.18. The molecule has 7 heteroatoms. The maximum absolute atomic E-state index is 11.9. The van der Waals surface area contributed by atoms with Gasteiger partial charge in [-0.3, -0.25) is 4.79 Å². The molecule has 0 saturated heterocycles. The normalized spacial score (nSPS) is 15.5. The van der Waals surface area contributed by atoms with Crippen LogP contribution in [-0.4, -0.2) is 39.3 Å². The van der Waals surface area contributed by atoms with Crippen molar-refractivity contribution in [2.45, 2.75) is 38.6 Å². The molecule has 0 aromatic heterocycles. The van der Waals surface area contributed by atoms with Crippen LogP contribution in [-0.2, 0) is 14.8 Å². The largest absolute Gasteiger partial charge is 0.484 e. The summed E-state index contributed by atoms with van der Waals surface area (Å²) < 4.78 is 31.8. The summed E-state index contributed by atoms with van der Waals surface area (Å²) in [5.74, 6) is 0.169. The van der Waals surface area contributed by atoms with Gasteiger partial charge in [-0.2, -0.15) is 0 Å². The Morgan fingerprint density at radius 2 is 1.87 bits per heavy atom. The minimum Gasteiger partial charge on any atom is -0.484 e. The van der Waals surface area contributed by atoms with Crippen LogP contribution in [0.1, 0.15) is 31.2 Å². The Morgan fingerprint density at radius 1 is 1.22 bits per heavy atom. The smallest absolute Gasteiger partial charge is 0.257 e. The van der Waals surface area contributed by atoms with E-state index in [0.29, 0.717) is 5.75 Å². The van der Waals surface area contributed by atoms with Crippen LogP contribution in [0.3, 0.4) is 0 Å². The zero-order valence-corrected chi connectivity index (χ0v) is 14.2. The number of hydrogen-bond acceptors (Lipinski definition) is 4. The van der Waals surface area contributed by atoms with Gasteiger partial charge in [0.2, 0.25) is 10.0 Å². The summed E-state index contributed by atoms with van der Waals surface area (Å²) in [5, 5.41) is 2.56. The number of aryl methyl sites for hydroxylation is 1. The lowest BCUT2D eigenvalue weighted by molar-refractivity contribution is -0.122. The van der Waals surface area contributed by atoms with E-state index in [1.807, 2.05) is 19.1 Å². The van der Waals surface area contributed by atoms with E-state index in [-0.39, 0.29) is 30.9 Å². The number of benzene rings is 1. The SMILES string of the molecule is Cc1ccc(OCC(=O)NCCS(=O)(=O)NC2CCCC2)cc1. The average molecular weight is 340 g/mol. The molecule has 1 aromatic carbocycles. The topological polar surface area (TPSA) is 84.5 Å². The van der Waals surface area contributed by atoms with Crippen LogP contribution in [0.15, 0.2) is 24.3 Å². The maximum atomic E-state index is 11.9. The first kappa shape index (κ1) is 17.7. The third-order valence-corrected chi connectivity index (χ3v) is 5.22. The second-order valence-electron chi connectivity index (χ2n) is 5.87. The van der Waals surface area contributed by atoms with E-state index < -0.39 is 10.0 Å². The van der Waals surface area contributed by atoms with Crippen molar-refractivity contribution >= 4 is 15.9 Å². The van der Waals surface area contributed by atoms with Gasteiger partial charge in [-0.25, -0.2) is 13.1 Å². The van der Waals surface area contributed by atoms with E-state index >= 15 is 0 Å². The number of carbonyl (C=O) groups excluding carboxylic acids is 1. The number of nitrogens with one attached hydrogen (secondary N) is 2. The lowest BCUT2D eigenvalue weighted by Crippen LogP contribution is -2.39. The van der Waals surface area contributed by atoms with Gasteiger partial charge in [-0.1, -0.05) is 30.5 Å². The maximum Gasteiger partial charge on any atom is 0.257 e. The molecule has 0 bridgehead atoms. The minimum absolute atomic E-state index is 0.0561. The molecular weight excluding hydrogens is 316 g/mol. The molecule has 6 nitrogen and oxygen atoms in total. The molecule has 2 N–H and O–H groups in total. The fourth-order valence-corrected chi connectivity index (χ4v) is 3.75. The fourth-order valence-electron chi connectivity index (χ4n) is 2.52. The summed E-state index contributed by atoms with van der Waals surface area (Å²) in [6.07, 6.45) is 3.94. The molecular formula is C16H24N2O4S. The summed E-state index contributed by atoms with van der Waals surface area (Å²) in [7, 11) is -3.34. The molecule has 1 aliphatic carbocycles. The van der Waals surface area contributed by atoms with Crippen molar-refractivity contribution in [3.8, 4) is 5.75 Å². The Hall–Kier alpha value is -1.60. The van der Waals surface area contributed by atoms with Crippen molar-refractivity contribution in [3.63, 3.8) is 0 Å². The van der Waals surface area contributed by atoms with E-state index in [1.165, 1.54) is 0 Å². The van der Waals surface area contributed by atoms with Crippen molar-refractivity contribution in [2.75, 3.05) is 18.9 Å². The van der Waals surface area contributed by atoms with Gasteiger partial charge in [-0.05, 0) is 31.9 Å². The molecule has 1 aliphatic rings. The average Bonchev–Trinajstić information content (AvgIpc) is 2.98. The Kier molecular flexibility index (Phi) is 6.41. The lowest BCUT2D eigenvalue weighted by Gasteiger charge is -2.13. The summed E-state index contributed by atoms with van der Waals surface area (Å²) in [5.41, 5.74) is 1.11. The second kappa shape index (κ2) is 8.31. The molecule has 1 fully saturated rings. The number of hydrogen-bond donors (Lipinski definition) is 2. The highest BCUT2D eigenvalue weighted by Gasteiger charge is 2.21. The third kappa shape index (κ3) is 6.58. The molecule has 1 saturated carbocycles. The molecule has 0 heterocycles. The highest BCUT2D eigenvalue weighted by molar-refractivity contribution is 7.89. The van der Waals surface area contributed by atoms with Crippen molar-refractivity contribution in [1.82, 2.24) is 10.0 Å². The molecule has 23 heavy (non-hydrogen) atoms. The lowest BCUT2D eigenvalue weighted by atomic mass is 10.2. The highest BCUT2D eigenvalue weighted by atomic mass is 32.2. The van der Waals surface area contributed by atoms with Crippen LogP contribution < -0.4 is 14.8 Å². The quantitative estimate of drug-likeness (QED) is 0.748. The van der Waals surface area contributed by atoms with Crippen molar-refractivity contribution in [1.29, 1.82) is 0 Å². The predicted octanol–water partition coefficient (Wildman–Crippen LogP) is 1.35. The molecule has 0 atom stereocenters. The van der Waals surface area contributed by atoms with Gasteiger partial charge < -0.3 is 10.1 Å². The summed E-state index contributed by atoms with van der Waals surface area (Å²) in [4.78, 5) is 11.7. The van der Waals surface area contributed by atoms with Crippen molar-refractivity contribution in [3.05, 3.63) is 29.8 Å². The van der Waals surface area contributed by atoms with Crippen LogP contribution in [0.2, 0.25) is 0 Å². The number of amides is 1. The Balaban J connectivity index is 1.64. The Bertz CT molecular complexity index is 607. The summed E-state index contributed by atoms with van der Waals surface area (Å²) in [6.45, 7) is 1.92. The van der Waals surface area contributed by atoms with Crippen LogP contribution >= 0.6 is 0 Å². The van der Waals surface area contributed by atoms with Crippen LogP contribution in [0.25, 0.3) is 0 Å². The molecule has 0 unspecified atom stereocenters. The zero-order chi connectivity index (χ0) is 16.7. The minimum atomic E-state index is -3.34. The first-order valence-electron chi connectivity index (χ1n) is 7.91. The van der Waals surface area contributed by atoms with Gasteiger partial charge in [0.05, 0.1) is 5.75 Å². The van der Waals surface area contributed by atoms with Gasteiger partial charge in [0.15, 0.2) is 6.61 Å². The monoisotopic (exact) mass is 340 g/mol. The van der Waals surface area contributed by atoms with Gasteiger partial charge in [0, 0.05) is 12.6 Å². The Morgan fingerprint density at radius 3 is 2.52 bits per heavy atom. The van der Waals surface area contributed by atoms with Crippen LogP contribution in [0.5, 0.6) is 5.75 Å². The van der Waals surface area contributed by atoms with E-state index in [9.17, 15) is 13.2 Å². The first-order chi connectivity index (χ1) is 10.9. The molecule has 0 spiro atoms. The van der Waals surface area contributed by atoms with Gasteiger partial charge in [-0.15, -0.1) is 0 Å². The number of sulfonamides is 1. The van der Waals surface area contributed by atoms with Gasteiger partial charge in [0.1, 0.15) is 5.75 Å². The summed E-state index contributed by atoms with van der Waals surface area (Å²) >= 11 is 0. The van der Waals surface area contributed by atoms with Crippen molar-refractivity contribution in [2.24, 2.45) is 0 Å². The molecule has 128 valence electrons. The van der Waals surface area contributed by atoms with Crippen LogP contribution in [0, 0.1) is 6.92 Å². The van der Waals surface area contributed by atoms with E-state index in [1.54, 1.807) is 12.1 Å². The summed E-state index contributed by atoms with van der Waals surface area (Å²) in [6, 6.07) is 7.43. The number of carbonyl (C=O) groups is 1. The van der Waals surface area contributed by atoms with Crippen molar-refractivity contribution < 1.29 is 17.9 Å². The zero-order valence-electron chi connectivity index (χ0n) is 13.4. The van der Waals surface area contributed by atoms with Gasteiger partial charge in [0.25, 0.3) is 5.91 Å². The van der Waals surface area contributed by atoms with Crippen LogP contribution in [0.4, 0.5) is 0 Å². The molecule has 1 amide bonds. The van der Waals surface area contributed by atoms with E-state index in [4.69, 9.17) is 4.74 Å². The molecule has 2 rings (SSSR count). The Labute approximate surface area is 137 Å². The third-order valence-electron chi connectivity index (χ3n) is 3.79. The molecule has 0 aliphatic heterocycles. The molecule has 0 radical (unpaired) electrons. The fraction of sp³-hybridized carbons (Fsp3) is 0.562. The predicted molar refractivity (Wildman–Crippen MR) is 88.9 cm³/mol. The second-order valence-corrected chi connectivity index (χ2v) is 7.74.